The average Bonchev–Trinajstić information content (AvgIpc) is 2.73. The maximum Gasteiger partial charge on any atom is 0.309 e. The molecule has 0 unspecified atom stereocenters. The zero-order valence-electron chi connectivity index (χ0n) is 9.51. The number of fused-ring (bicyclic) bond motifs is 1. The Morgan fingerprint density at radius 3 is 3.29 bits per heavy atom. The molecule has 0 radical (unpaired) electrons. The van der Waals surface area contributed by atoms with Crippen molar-refractivity contribution in [2.24, 2.45) is 0 Å². The number of esters is 1. The van der Waals surface area contributed by atoms with Gasteiger partial charge in [-0.1, -0.05) is 6.08 Å². The summed E-state index contributed by atoms with van der Waals surface area (Å²) in [5.74, 6) is -0.231. The lowest BCUT2D eigenvalue weighted by Gasteiger charge is -1.96. The average molecular weight is 231 g/mol. The van der Waals surface area contributed by atoms with Crippen LogP contribution in [0.15, 0.2) is 24.4 Å². The maximum absolute atomic E-state index is 11.1. The van der Waals surface area contributed by atoms with E-state index in [4.69, 9.17) is 4.74 Å². The summed E-state index contributed by atoms with van der Waals surface area (Å²) >= 11 is 0. The highest BCUT2D eigenvalue weighted by Crippen LogP contribution is 2.14. The van der Waals surface area contributed by atoms with Crippen LogP contribution in [-0.2, 0) is 9.53 Å². The number of aromatic amines is 1. The highest BCUT2D eigenvalue weighted by molar-refractivity contribution is 5.84. The molecule has 0 amide bonds. The largest absolute Gasteiger partial charge is 0.466 e. The van der Waals surface area contributed by atoms with Crippen molar-refractivity contribution in [3.63, 3.8) is 0 Å². The first kappa shape index (κ1) is 11.3. The highest BCUT2D eigenvalue weighted by Gasteiger charge is 2.02. The topological polar surface area (TPSA) is 67.9 Å². The van der Waals surface area contributed by atoms with Crippen molar-refractivity contribution in [3.05, 3.63) is 30.1 Å². The molecule has 17 heavy (non-hydrogen) atoms. The lowest BCUT2D eigenvalue weighted by atomic mass is 10.2. The Bertz CT molecular complexity index is 545. The molecule has 0 aliphatic carbocycles. The van der Waals surface area contributed by atoms with Gasteiger partial charge in [0.05, 0.1) is 18.7 Å². The number of hydrogen-bond donors (Lipinski definition) is 1. The van der Waals surface area contributed by atoms with Gasteiger partial charge in [-0.3, -0.25) is 9.89 Å². The molecule has 0 spiro atoms. The van der Waals surface area contributed by atoms with Crippen molar-refractivity contribution in [1.82, 2.24) is 15.2 Å². The van der Waals surface area contributed by atoms with E-state index in [-0.39, 0.29) is 12.4 Å². The van der Waals surface area contributed by atoms with Gasteiger partial charge >= 0.3 is 5.97 Å². The molecule has 2 aromatic rings. The molecule has 88 valence electrons. The third-order valence-electron chi connectivity index (χ3n) is 2.23. The number of carbonyl (C=O) groups is 1. The molecule has 2 rings (SSSR count). The maximum atomic E-state index is 11.1. The molecule has 0 aromatic carbocycles. The van der Waals surface area contributed by atoms with Crippen LogP contribution in [0.2, 0.25) is 0 Å². The fourth-order valence-electron chi connectivity index (χ4n) is 1.49. The summed E-state index contributed by atoms with van der Waals surface area (Å²) in [5.41, 5.74) is 1.51. The molecule has 1 N–H and O–H groups in total. The van der Waals surface area contributed by atoms with Gasteiger partial charge in [-0.2, -0.15) is 5.10 Å². The van der Waals surface area contributed by atoms with Gasteiger partial charge in [0.15, 0.2) is 5.65 Å². The molecule has 2 heterocycles. The highest BCUT2D eigenvalue weighted by atomic mass is 16.5. The van der Waals surface area contributed by atoms with E-state index >= 15 is 0 Å². The van der Waals surface area contributed by atoms with Crippen LogP contribution in [0.4, 0.5) is 0 Å². The van der Waals surface area contributed by atoms with Crippen LogP contribution in [0.5, 0.6) is 0 Å². The molecule has 0 atom stereocenters. The Balaban J connectivity index is 2.08. The summed E-state index contributed by atoms with van der Waals surface area (Å²) in [6, 6.07) is 3.77. The van der Waals surface area contributed by atoms with Crippen molar-refractivity contribution in [2.75, 3.05) is 6.61 Å². The molecule has 2 aromatic heterocycles. The SMILES string of the molecule is CCOC(=O)CC=Cc1[nH]nc2ncccc12. The minimum absolute atomic E-state index is 0.231. The first-order valence-electron chi connectivity index (χ1n) is 5.42. The molecular formula is C12H13N3O2. The molecule has 0 aliphatic rings. The molecule has 0 fully saturated rings. The molecule has 5 heteroatoms. The Kier molecular flexibility index (Phi) is 3.49. The zero-order valence-corrected chi connectivity index (χ0v) is 9.51. The van der Waals surface area contributed by atoms with E-state index < -0.39 is 0 Å². The van der Waals surface area contributed by atoms with E-state index in [1.165, 1.54) is 0 Å². The molecule has 5 nitrogen and oxygen atoms in total. The molecule has 0 saturated heterocycles. The number of hydrogen-bond acceptors (Lipinski definition) is 4. The van der Waals surface area contributed by atoms with E-state index in [0.717, 1.165) is 11.1 Å². The minimum atomic E-state index is -0.231. The van der Waals surface area contributed by atoms with Gasteiger partial charge < -0.3 is 4.74 Å². The van der Waals surface area contributed by atoms with Crippen molar-refractivity contribution in [1.29, 1.82) is 0 Å². The van der Waals surface area contributed by atoms with Crippen LogP contribution in [0.25, 0.3) is 17.1 Å². The van der Waals surface area contributed by atoms with Crippen LogP contribution in [0.3, 0.4) is 0 Å². The van der Waals surface area contributed by atoms with Gasteiger partial charge in [0.25, 0.3) is 0 Å². The number of rotatable bonds is 4. The Labute approximate surface area is 98.5 Å². The summed E-state index contributed by atoms with van der Waals surface area (Å²) in [7, 11) is 0. The summed E-state index contributed by atoms with van der Waals surface area (Å²) < 4.78 is 4.82. The summed E-state index contributed by atoms with van der Waals surface area (Å²) in [4.78, 5) is 15.2. The quantitative estimate of drug-likeness (QED) is 0.816. The van der Waals surface area contributed by atoms with E-state index in [1.807, 2.05) is 18.2 Å². The second-order valence-electron chi connectivity index (χ2n) is 3.42. The van der Waals surface area contributed by atoms with Crippen molar-refractivity contribution < 1.29 is 9.53 Å². The zero-order chi connectivity index (χ0) is 12.1. The number of pyridine rings is 1. The van der Waals surface area contributed by atoms with Crippen LogP contribution in [0, 0.1) is 0 Å². The van der Waals surface area contributed by atoms with Gasteiger partial charge in [-0.15, -0.1) is 0 Å². The lowest BCUT2D eigenvalue weighted by Crippen LogP contribution is -2.01. The normalized spacial score (nSPS) is 11.1. The van der Waals surface area contributed by atoms with E-state index in [0.29, 0.717) is 12.3 Å². The standard InChI is InChI=1S/C12H13N3O2/c1-2-17-11(16)7-3-6-10-9-5-4-8-13-12(9)15-14-10/h3-6,8H,2,7H2,1H3,(H,13,14,15). The number of H-pyrrole nitrogens is 1. The summed E-state index contributed by atoms with van der Waals surface area (Å²) in [6.45, 7) is 2.19. The number of nitrogens with one attached hydrogen (secondary N) is 1. The third-order valence-corrected chi connectivity index (χ3v) is 2.23. The van der Waals surface area contributed by atoms with Crippen LogP contribution in [-0.4, -0.2) is 27.8 Å². The number of carbonyl (C=O) groups excluding carboxylic acids is 1. The molecular weight excluding hydrogens is 218 g/mol. The van der Waals surface area contributed by atoms with Crippen molar-refractivity contribution >= 4 is 23.1 Å². The summed E-state index contributed by atoms with van der Waals surface area (Å²) in [6.07, 6.45) is 5.51. The van der Waals surface area contributed by atoms with Gasteiger partial charge in [0, 0.05) is 11.6 Å². The predicted octanol–water partition coefficient (Wildman–Crippen LogP) is 1.92. The first-order valence-corrected chi connectivity index (χ1v) is 5.42. The minimum Gasteiger partial charge on any atom is -0.466 e. The smallest absolute Gasteiger partial charge is 0.309 e. The monoisotopic (exact) mass is 231 g/mol. The van der Waals surface area contributed by atoms with Gasteiger partial charge in [0.1, 0.15) is 0 Å². The Hall–Kier alpha value is -2.17. The Morgan fingerprint density at radius 1 is 1.59 bits per heavy atom. The fourth-order valence-corrected chi connectivity index (χ4v) is 1.49. The van der Waals surface area contributed by atoms with E-state index in [2.05, 4.69) is 15.2 Å². The van der Waals surface area contributed by atoms with Crippen molar-refractivity contribution in [3.8, 4) is 0 Å². The molecule has 0 bridgehead atoms. The number of nitrogens with zero attached hydrogens (tertiary/aromatic N) is 2. The molecule has 0 aliphatic heterocycles. The summed E-state index contributed by atoms with van der Waals surface area (Å²) in [5, 5.41) is 7.85. The second-order valence-corrected chi connectivity index (χ2v) is 3.42. The van der Waals surface area contributed by atoms with Crippen LogP contribution >= 0.6 is 0 Å². The van der Waals surface area contributed by atoms with Gasteiger partial charge in [-0.05, 0) is 25.1 Å². The van der Waals surface area contributed by atoms with Gasteiger partial charge in [0.2, 0.25) is 0 Å². The van der Waals surface area contributed by atoms with Crippen molar-refractivity contribution in [2.45, 2.75) is 13.3 Å². The number of ether oxygens (including phenoxy) is 1. The molecule has 0 saturated carbocycles. The number of aromatic nitrogens is 3. The predicted molar refractivity (Wildman–Crippen MR) is 64.2 cm³/mol. The lowest BCUT2D eigenvalue weighted by molar-refractivity contribution is -0.142. The Morgan fingerprint density at radius 2 is 2.47 bits per heavy atom. The van der Waals surface area contributed by atoms with Crippen LogP contribution < -0.4 is 0 Å². The van der Waals surface area contributed by atoms with Crippen LogP contribution in [0.1, 0.15) is 19.0 Å². The third kappa shape index (κ3) is 2.69. The van der Waals surface area contributed by atoms with Gasteiger partial charge in [-0.25, -0.2) is 4.98 Å². The second kappa shape index (κ2) is 5.25. The first-order chi connectivity index (χ1) is 8.31. The van der Waals surface area contributed by atoms with E-state index in [1.54, 1.807) is 19.2 Å². The fraction of sp³-hybridized carbons (Fsp3) is 0.250. The van der Waals surface area contributed by atoms with E-state index in [9.17, 15) is 4.79 Å².